The fourth-order valence-electron chi connectivity index (χ4n) is 3.19. The molecule has 2 amide bonds. The number of carbonyl (C=O) groups is 3. The molecule has 0 saturated carbocycles. The van der Waals surface area contributed by atoms with E-state index in [1.807, 2.05) is 7.05 Å². The van der Waals surface area contributed by atoms with Gasteiger partial charge in [0.1, 0.15) is 5.75 Å². The zero-order valence-corrected chi connectivity index (χ0v) is 16.0. The van der Waals surface area contributed by atoms with Crippen LogP contribution in [0.2, 0.25) is 0 Å². The maximum atomic E-state index is 12.7. The minimum Gasteiger partial charge on any atom is -0.482 e. The molecule has 2 rings (SSSR count). The number of unbranched alkanes of at least 4 members (excludes halogenated alkanes) is 1. The Morgan fingerprint density at radius 3 is 2.59 bits per heavy atom. The van der Waals surface area contributed by atoms with Crippen LogP contribution in [0.4, 0.5) is 0 Å². The van der Waals surface area contributed by atoms with Gasteiger partial charge >= 0.3 is 5.97 Å². The normalized spacial score (nSPS) is 14.7. The van der Waals surface area contributed by atoms with Gasteiger partial charge in [0.2, 0.25) is 5.91 Å². The number of carbonyl (C=O) groups excluding carboxylic acids is 2. The Balaban J connectivity index is 1.90. The molecular formula is C20H28N2O5. The van der Waals surface area contributed by atoms with Crippen LogP contribution in [-0.2, 0) is 9.59 Å². The highest BCUT2D eigenvalue weighted by Gasteiger charge is 2.29. The second-order valence-electron chi connectivity index (χ2n) is 6.89. The summed E-state index contributed by atoms with van der Waals surface area (Å²) in [4.78, 5) is 39.3. The molecule has 1 N–H and O–H groups in total. The molecule has 1 fully saturated rings. The van der Waals surface area contributed by atoms with Gasteiger partial charge in [-0.1, -0.05) is 19.4 Å². The van der Waals surface area contributed by atoms with Gasteiger partial charge in [-0.2, -0.15) is 0 Å². The van der Waals surface area contributed by atoms with Crippen molar-refractivity contribution in [3.8, 4) is 5.75 Å². The topological polar surface area (TPSA) is 87.2 Å². The standard InChI is InChI=1S/C20H28N2O5/c1-3-4-10-21(2)19(25)15-8-11-22(12-9-15)20(26)16-6-5-7-17(13-16)27-14-18(23)24/h5-7,13,15H,3-4,8-12,14H2,1-2H3,(H,23,24). The van der Waals surface area contributed by atoms with Crippen LogP contribution in [0.1, 0.15) is 43.0 Å². The highest BCUT2D eigenvalue weighted by atomic mass is 16.5. The van der Waals surface area contributed by atoms with E-state index in [1.54, 1.807) is 34.1 Å². The van der Waals surface area contributed by atoms with Crippen LogP contribution in [0.15, 0.2) is 24.3 Å². The van der Waals surface area contributed by atoms with Crippen molar-refractivity contribution in [1.82, 2.24) is 9.80 Å². The fourth-order valence-corrected chi connectivity index (χ4v) is 3.19. The van der Waals surface area contributed by atoms with Gasteiger partial charge in [-0.15, -0.1) is 0 Å². The number of piperidine rings is 1. The third-order valence-electron chi connectivity index (χ3n) is 4.80. The van der Waals surface area contributed by atoms with E-state index < -0.39 is 12.6 Å². The first-order valence-electron chi connectivity index (χ1n) is 9.41. The number of aliphatic carboxylic acids is 1. The van der Waals surface area contributed by atoms with Crippen LogP contribution in [0.3, 0.4) is 0 Å². The summed E-state index contributed by atoms with van der Waals surface area (Å²) >= 11 is 0. The molecule has 1 aliphatic heterocycles. The zero-order valence-electron chi connectivity index (χ0n) is 16.0. The average molecular weight is 376 g/mol. The number of rotatable bonds is 8. The number of carboxylic acid groups (broad SMARTS) is 1. The SMILES string of the molecule is CCCCN(C)C(=O)C1CCN(C(=O)c2cccc(OCC(=O)O)c2)CC1. The van der Waals surface area contributed by atoms with E-state index in [1.165, 1.54) is 0 Å². The van der Waals surface area contributed by atoms with Gasteiger partial charge in [0.25, 0.3) is 5.91 Å². The Kier molecular flexibility index (Phi) is 7.64. The first kappa shape index (κ1) is 20.7. The van der Waals surface area contributed by atoms with Gasteiger partial charge in [0.05, 0.1) is 0 Å². The van der Waals surface area contributed by atoms with Crippen LogP contribution in [0, 0.1) is 5.92 Å². The first-order chi connectivity index (χ1) is 12.9. The maximum Gasteiger partial charge on any atom is 0.341 e. The summed E-state index contributed by atoms with van der Waals surface area (Å²) in [6.07, 6.45) is 3.38. The molecule has 27 heavy (non-hydrogen) atoms. The van der Waals surface area contributed by atoms with Crippen molar-refractivity contribution >= 4 is 17.8 Å². The minimum absolute atomic E-state index is 0.0267. The Morgan fingerprint density at radius 1 is 1.26 bits per heavy atom. The molecule has 1 aromatic carbocycles. The summed E-state index contributed by atoms with van der Waals surface area (Å²) < 4.78 is 5.13. The maximum absolute atomic E-state index is 12.7. The molecule has 0 unspecified atom stereocenters. The van der Waals surface area contributed by atoms with E-state index in [2.05, 4.69) is 6.92 Å². The molecular weight excluding hydrogens is 348 g/mol. The fraction of sp³-hybridized carbons (Fsp3) is 0.550. The summed E-state index contributed by atoms with van der Waals surface area (Å²) in [6.45, 7) is 3.51. The largest absolute Gasteiger partial charge is 0.482 e. The molecule has 0 atom stereocenters. The van der Waals surface area contributed by atoms with Gasteiger partial charge in [-0.3, -0.25) is 9.59 Å². The number of carboxylic acids is 1. The molecule has 1 aliphatic rings. The van der Waals surface area contributed by atoms with Gasteiger partial charge < -0.3 is 19.6 Å². The van der Waals surface area contributed by atoms with Crippen LogP contribution < -0.4 is 4.74 Å². The smallest absolute Gasteiger partial charge is 0.341 e. The molecule has 1 saturated heterocycles. The zero-order chi connectivity index (χ0) is 19.8. The first-order valence-corrected chi connectivity index (χ1v) is 9.41. The summed E-state index contributed by atoms with van der Waals surface area (Å²) in [5, 5.41) is 8.68. The predicted octanol–water partition coefficient (Wildman–Crippen LogP) is 2.26. The summed E-state index contributed by atoms with van der Waals surface area (Å²) in [6, 6.07) is 6.53. The minimum atomic E-state index is -1.07. The summed E-state index contributed by atoms with van der Waals surface area (Å²) in [7, 11) is 1.85. The van der Waals surface area contributed by atoms with Gasteiger partial charge in [0, 0.05) is 38.2 Å². The van der Waals surface area contributed by atoms with Crippen LogP contribution in [0.25, 0.3) is 0 Å². The van der Waals surface area contributed by atoms with Gasteiger partial charge in [0.15, 0.2) is 6.61 Å². The van der Waals surface area contributed by atoms with E-state index in [4.69, 9.17) is 9.84 Å². The predicted molar refractivity (Wildman–Crippen MR) is 101 cm³/mol. The average Bonchev–Trinajstić information content (AvgIpc) is 2.69. The lowest BCUT2D eigenvalue weighted by molar-refractivity contribution is -0.139. The van der Waals surface area contributed by atoms with Crippen molar-refractivity contribution in [2.75, 3.05) is 33.3 Å². The second-order valence-corrected chi connectivity index (χ2v) is 6.89. The van der Waals surface area contributed by atoms with Crippen LogP contribution in [-0.4, -0.2) is 66.0 Å². The Morgan fingerprint density at radius 2 is 1.96 bits per heavy atom. The number of nitrogens with zero attached hydrogens (tertiary/aromatic N) is 2. The van der Waals surface area contributed by atoms with Gasteiger partial charge in [-0.25, -0.2) is 4.79 Å². The van der Waals surface area contributed by atoms with Crippen molar-refractivity contribution in [2.45, 2.75) is 32.6 Å². The molecule has 0 bridgehead atoms. The number of likely N-dealkylation sites (tertiary alicyclic amines) is 1. The molecule has 0 aromatic heterocycles. The van der Waals surface area contributed by atoms with Crippen molar-refractivity contribution in [1.29, 1.82) is 0 Å². The number of amides is 2. The lowest BCUT2D eigenvalue weighted by atomic mass is 9.94. The molecule has 1 aromatic rings. The summed E-state index contributed by atoms with van der Waals surface area (Å²) in [5.41, 5.74) is 0.461. The monoisotopic (exact) mass is 376 g/mol. The number of hydrogen-bond acceptors (Lipinski definition) is 4. The van der Waals surface area contributed by atoms with E-state index >= 15 is 0 Å². The van der Waals surface area contributed by atoms with Crippen LogP contribution >= 0.6 is 0 Å². The number of ether oxygens (including phenoxy) is 1. The van der Waals surface area contributed by atoms with E-state index in [-0.39, 0.29) is 17.7 Å². The Hall–Kier alpha value is -2.57. The highest BCUT2D eigenvalue weighted by Crippen LogP contribution is 2.22. The lowest BCUT2D eigenvalue weighted by Gasteiger charge is -2.33. The third kappa shape index (κ3) is 5.98. The summed E-state index contributed by atoms with van der Waals surface area (Å²) in [5.74, 6) is -0.699. The molecule has 148 valence electrons. The van der Waals surface area contributed by atoms with Crippen molar-refractivity contribution < 1.29 is 24.2 Å². The second kappa shape index (κ2) is 9.94. The van der Waals surface area contributed by atoms with E-state index in [9.17, 15) is 14.4 Å². The van der Waals surface area contributed by atoms with Crippen molar-refractivity contribution in [3.05, 3.63) is 29.8 Å². The number of hydrogen-bond donors (Lipinski definition) is 1. The van der Waals surface area contributed by atoms with E-state index in [0.717, 1.165) is 19.4 Å². The van der Waals surface area contributed by atoms with Crippen molar-refractivity contribution in [3.63, 3.8) is 0 Å². The Labute approximate surface area is 159 Å². The van der Waals surface area contributed by atoms with E-state index in [0.29, 0.717) is 37.2 Å². The highest BCUT2D eigenvalue weighted by molar-refractivity contribution is 5.94. The molecule has 0 aliphatic carbocycles. The molecule has 7 heteroatoms. The molecule has 0 radical (unpaired) electrons. The Bertz CT molecular complexity index is 668. The molecule has 1 heterocycles. The van der Waals surface area contributed by atoms with Crippen LogP contribution in [0.5, 0.6) is 5.75 Å². The lowest BCUT2D eigenvalue weighted by Crippen LogP contribution is -2.43. The third-order valence-corrected chi connectivity index (χ3v) is 4.80. The molecule has 0 spiro atoms. The number of benzene rings is 1. The van der Waals surface area contributed by atoms with Gasteiger partial charge in [-0.05, 0) is 37.5 Å². The van der Waals surface area contributed by atoms with Crippen molar-refractivity contribution in [2.24, 2.45) is 5.92 Å². The molecule has 7 nitrogen and oxygen atoms in total. The quantitative estimate of drug-likeness (QED) is 0.752.